The van der Waals surface area contributed by atoms with Crippen LogP contribution >= 0.6 is 0 Å². The molecule has 0 bridgehead atoms. The molecule has 0 aromatic rings. The fourth-order valence-electron chi connectivity index (χ4n) is 0.613. The molecule has 0 N–H and O–H groups in total. The Labute approximate surface area is 69.8 Å². The van der Waals surface area contributed by atoms with E-state index in [1.165, 1.54) is 5.57 Å². The molecule has 0 fully saturated rings. The Morgan fingerprint density at radius 3 is 2.45 bits per heavy atom. The predicted octanol–water partition coefficient (Wildman–Crippen LogP) is 2.93. The maximum atomic E-state index is 5.11. The molecule has 0 radical (unpaired) electrons. The molecular weight excluding hydrogens is 136 g/mol. The van der Waals surface area contributed by atoms with Crippen LogP contribution in [0.1, 0.15) is 27.2 Å². The number of hydrogen-bond donors (Lipinski definition) is 0. The second-order valence-corrected chi connectivity index (χ2v) is 2.95. The highest BCUT2D eigenvalue weighted by Gasteiger charge is 1.95. The predicted molar refractivity (Wildman–Crippen MR) is 49.7 cm³/mol. The van der Waals surface area contributed by atoms with Crippen molar-refractivity contribution < 1.29 is 4.74 Å². The van der Waals surface area contributed by atoms with E-state index in [9.17, 15) is 0 Å². The van der Waals surface area contributed by atoms with Crippen molar-refractivity contribution in [2.24, 2.45) is 0 Å². The number of ether oxygens (including phenoxy) is 1. The summed E-state index contributed by atoms with van der Waals surface area (Å²) in [6, 6.07) is 0. The van der Waals surface area contributed by atoms with Crippen LogP contribution in [0.15, 0.2) is 23.8 Å². The smallest absolute Gasteiger partial charge is 0.0577 e. The summed E-state index contributed by atoms with van der Waals surface area (Å²) in [4.78, 5) is 0. The lowest BCUT2D eigenvalue weighted by molar-refractivity contribution is 0.121. The topological polar surface area (TPSA) is 9.23 Å². The second-order valence-electron chi connectivity index (χ2n) is 2.95. The molecule has 0 aliphatic heterocycles. The van der Waals surface area contributed by atoms with Crippen LogP contribution in [0.3, 0.4) is 0 Å². The Kier molecular flexibility index (Phi) is 4.88. The molecule has 1 atom stereocenters. The minimum absolute atomic E-state index is 0.310. The van der Waals surface area contributed by atoms with Crippen LogP contribution in [0.5, 0.6) is 0 Å². The number of methoxy groups -OCH3 is 1. The molecule has 0 aliphatic carbocycles. The van der Waals surface area contributed by atoms with Crippen molar-refractivity contribution in [1.29, 1.82) is 0 Å². The van der Waals surface area contributed by atoms with Gasteiger partial charge in [0.05, 0.1) is 6.10 Å². The molecule has 0 aromatic carbocycles. The fourth-order valence-corrected chi connectivity index (χ4v) is 0.613. The van der Waals surface area contributed by atoms with Gasteiger partial charge in [0, 0.05) is 7.11 Å². The average Bonchev–Trinajstić information content (AvgIpc) is 1.99. The Morgan fingerprint density at radius 2 is 2.09 bits per heavy atom. The highest BCUT2D eigenvalue weighted by molar-refractivity contribution is 5.23. The lowest BCUT2D eigenvalue weighted by Crippen LogP contribution is -2.02. The Bertz CT molecular complexity index is 156. The quantitative estimate of drug-likeness (QED) is 0.566. The Balaban J connectivity index is 3.82. The van der Waals surface area contributed by atoms with Gasteiger partial charge < -0.3 is 4.74 Å². The Hall–Kier alpha value is -0.560. The molecule has 0 rings (SSSR count). The molecule has 0 saturated heterocycles. The van der Waals surface area contributed by atoms with Crippen molar-refractivity contribution >= 4 is 0 Å². The van der Waals surface area contributed by atoms with Crippen LogP contribution in [-0.4, -0.2) is 13.2 Å². The van der Waals surface area contributed by atoms with E-state index >= 15 is 0 Å². The first-order valence-electron chi connectivity index (χ1n) is 3.93. The van der Waals surface area contributed by atoms with Crippen molar-refractivity contribution in [2.45, 2.75) is 33.3 Å². The van der Waals surface area contributed by atoms with E-state index in [0.717, 1.165) is 12.0 Å². The highest BCUT2D eigenvalue weighted by Crippen LogP contribution is 2.08. The van der Waals surface area contributed by atoms with Gasteiger partial charge in [0.15, 0.2) is 0 Å². The van der Waals surface area contributed by atoms with Crippen LogP contribution in [0.4, 0.5) is 0 Å². The SMILES string of the molecule is C=C(C)/C(C)=C\CC(C)OC. The van der Waals surface area contributed by atoms with Gasteiger partial charge in [-0.1, -0.05) is 23.8 Å². The van der Waals surface area contributed by atoms with Crippen LogP contribution in [0, 0.1) is 0 Å². The van der Waals surface area contributed by atoms with Gasteiger partial charge in [-0.25, -0.2) is 0 Å². The summed E-state index contributed by atoms with van der Waals surface area (Å²) in [6.45, 7) is 10.00. The second kappa shape index (κ2) is 5.14. The summed E-state index contributed by atoms with van der Waals surface area (Å²) in [5.74, 6) is 0. The maximum absolute atomic E-state index is 5.11. The number of allylic oxidation sites excluding steroid dienone is 2. The number of hydrogen-bond acceptors (Lipinski definition) is 1. The normalized spacial score (nSPS) is 14.7. The monoisotopic (exact) mass is 154 g/mol. The zero-order valence-corrected chi connectivity index (χ0v) is 7.98. The van der Waals surface area contributed by atoms with Gasteiger partial charge in [-0.2, -0.15) is 0 Å². The average molecular weight is 154 g/mol. The van der Waals surface area contributed by atoms with Crippen LogP contribution in [0.2, 0.25) is 0 Å². The van der Waals surface area contributed by atoms with Gasteiger partial charge in [0.25, 0.3) is 0 Å². The molecule has 0 aliphatic rings. The molecule has 0 aromatic heterocycles. The first-order chi connectivity index (χ1) is 5.07. The number of rotatable bonds is 4. The molecular formula is C10H18O. The minimum Gasteiger partial charge on any atom is -0.381 e. The van der Waals surface area contributed by atoms with E-state index in [0.29, 0.717) is 6.10 Å². The highest BCUT2D eigenvalue weighted by atomic mass is 16.5. The van der Waals surface area contributed by atoms with Crippen molar-refractivity contribution in [3.8, 4) is 0 Å². The fraction of sp³-hybridized carbons (Fsp3) is 0.600. The van der Waals surface area contributed by atoms with E-state index in [-0.39, 0.29) is 0 Å². The molecule has 64 valence electrons. The van der Waals surface area contributed by atoms with Gasteiger partial charge in [-0.05, 0) is 27.2 Å². The van der Waals surface area contributed by atoms with E-state index in [1.54, 1.807) is 7.11 Å². The Morgan fingerprint density at radius 1 is 1.55 bits per heavy atom. The molecule has 0 heterocycles. The standard InChI is InChI=1S/C10H18O/c1-8(2)9(3)6-7-10(4)11-5/h6,10H,1,7H2,2-5H3/b9-6-. The van der Waals surface area contributed by atoms with Crippen molar-refractivity contribution in [3.05, 3.63) is 23.8 Å². The zero-order valence-electron chi connectivity index (χ0n) is 7.98. The summed E-state index contributed by atoms with van der Waals surface area (Å²) in [7, 11) is 1.73. The van der Waals surface area contributed by atoms with Crippen LogP contribution < -0.4 is 0 Å². The van der Waals surface area contributed by atoms with Crippen molar-refractivity contribution in [1.82, 2.24) is 0 Å². The van der Waals surface area contributed by atoms with Crippen molar-refractivity contribution in [3.63, 3.8) is 0 Å². The third-order valence-electron chi connectivity index (χ3n) is 1.83. The summed E-state index contributed by atoms with van der Waals surface area (Å²) in [6.07, 6.45) is 3.44. The summed E-state index contributed by atoms with van der Waals surface area (Å²) >= 11 is 0. The maximum Gasteiger partial charge on any atom is 0.0577 e. The van der Waals surface area contributed by atoms with Gasteiger partial charge in [0.1, 0.15) is 0 Å². The van der Waals surface area contributed by atoms with E-state index in [1.807, 2.05) is 6.92 Å². The van der Waals surface area contributed by atoms with Gasteiger partial charge in [0.2, 0.25) is 0 Å². The molecule has 1 heteroatoms. The van der Waals surface area contributed by atoms with Crippen LogP contribution in [-0.2, 0) is 4.74 Å². The van der Waals surface area contributed by atoms with Gasteiger partial charge in [-0.3, -0.25) is 0 Å². The van der Waals surface area contributed by atoms with E-state index < -0.39 is 0 Å². The molecule has 11 heavy (non-hydrogen) atoms. The van der Waals surface area contributed by atoms with Crippen molar-refractivity contribution in [2.75, 3.05) is 7.11 Å². The lowest BCUT2D eigenvalue weighted by atomic mass is 10.1. The van der Waals surface area contributed by atoms with E-state index in [4.69, 9.17) is 4.74 Å². The summed E-state index contributed by atoms with van der Waals surface area (Å²) in [5, 5.41) is 0. The summed E-state index contributed by atoms with van der Waals surface area (Å²) in [5.41, 5.74) is 2.39. The molecule has 1 unspecified atom stereocenters. The van der Waals surface area contributed by atoms with Crippen LogP contribution in [0.25, 0.3) is 0 Å². The van der Waals surface area contributed by atoms with Gasteiger partial charge in [-0.15, -0.1) is 0 Å². The zero-order chi connectivity index (χ0) is 8.85. The third kappa shape index (κ3) is 4.79. The summed E-state index contributed by atoms with van der Waals surface area (Å²) < 4.78 is 5.11. The van der Waals surface area contributed by atoms with Gasteiger partial charge >= 0.3 is 0 Å². The molecule has 0 saturated carbocycles. The molecule has 0 spiro atoms. The minimum atomic E-state index is 0.310. The first-order valence-corrected chi connectivity index (χ1v) is 3.93. The lowest BCUT2D eigenvalue weighted by Gasteiger charge is -2.06. The van der Waals surface area contributed by atoms with E-state index in [2.05, 4.69) is 26.5 Å². The largest absolute Gasteiger partial charge is 0.381 e. The molecule has 1 nitrogen and oxygen atoms in total. The molecule has 0 amide bonds. The first kappa shape index (κ1) is 10.4. The third-order valence-corrected chi connectivity index (χ3v) is 1.83.